The molecule has 3 aromatic carbocycles. The van der Waals surface area contributed by atoms with E-state index in [-0.39, 0.29) is 11.8 Å². The van der Waals surface area contributed by atoms with Crippen molar-refractivity contribution in [3.63, 3.8) is 0 Å². The molecule has 2 N–H and O–H groups in total. The van der Waals surface area contributed by atoms with E-state index in [2.05, 4.69) is 51.2 Å². The second-order valence-corrected chi connectivity index (χ2v) is 10.1. The highest BCUT2D eigenvalue weighted by atomic mass is 32.2. The van der Waals surface area contributed by atoms with Gasteiger partial charge in [-0.25, -0.2) is 0 Å². The van der Waals surface area contributed by atoms with Gasteiger partial charge in [0.05, 0.1) is 44.0 Å². The van der Waals surface area contributed by atoms with Crippen molar-refractivity contribution in [1.29, 1.82) is 0 Å². The minimum absolute atomic E-state index is 0.0459. The summed E-state index contributed by atoms with van der Waals surface area (Å²) >= 11 is 1.58. The Kier molecular flexibility index (Phi) is 7.93. The van der Waals surface area contributed by atoms with Crippen molar-refractivity contribution >= 4 is 29.3 Å². The van der Waals surface area contributed by atoms with Crippen LogP contribution < -0.4 is 15.1 Å². The van der Waals surface area contributed by atoms with Crippen LogP contribution in [0.25, 0.3) is 0 Å². The molecule has 1 heterocycles. The average Bonchev–Trinajstić information content (AvgIpc) is 2.98. The molecule has 0 fully saturated rings. The molecule has 0 aromatic heterocycles. The normalized spacial score (nSPS) is 12.8. The fourth-order valence-electron chi connectivity index (χ4n) is 4.42. The van der Waals surface area contributed by atoms with E-state index in [9.17, 15) is 9.59 Å². The Morgan fingerprint density at radius 2 is 1.74 bits per heavy atom. The Morgan fingerprint density at radius 1 is 0.971 bits per heavy atom. The molecule has 1 aliphatic heterocycles. The van der Waals surface area contributed by atoms with E-state index in [4.69, 9.17) is 0 Å². The Bertz CT molecular complexity index is 1240. The molecule has 0 spiro atoms. The molecule has 0 radical (unpaired) electrons. The van der Waals surface area contributed by atoms with E-state index in [1.165, 1.54) is 4.90 Å². The van der Waals surface area contributed by atoms with Gasteiger partial charge in [0.2, 0.25) is 0 Å². The Morgan fingerprint density at radius 3 is 2.51 bits per heavy atom. The molecule has 0 saturated heterocycles. The van der Waals surface area contributed by atoms with Gasteiger partial charge in [0.15, 0.2) is 0 Å². The fraction of sp³-hybridized carbons (Fsp3) is 0.310. The van der Waals surface area contributed by atoms with Gasteiger partial charge in [0.1, 0.15) is 0 Å². The van der Waals surface area contributed by atoms with Crippen LogP contribution in [0.1, 0.15) is 51.3 Å². The van der Waals surface area contributed by atoms with Gasteiger partial charge in [-0.05, 0) is 69.2 Å². The lowest BCUT2D eigenvalue weighted by molar-refractivity contribution is -0.895. The molecule has 4 rings (SSSR count). The number of likely N-dealkylation sites (N-methyl/N-ethyl adjacent to an activating group) is 1. The Labute approximate surface area is 212 Å². The third kappa shape index (κ3) is 5.60. The lowest BCUT2D eigenvalue weighted by Gasteiger charge is -2.25. The highest BCUT2D eigenvalue weighted by Crippen LogP contribution is 2.42. The third-order valence-electron chi connectivity index (χ3n) is 6.69. The van der Waals surface area contributed by atoms with Gasteiger partial charge in [-0.2, -0.15) is 0 Å². The van der Waals surface area contributed by atoms with Crippen molar-refractivity contribution in [2.45, 2.75) is 44.0 Å². The predicted octanol–water partition coefficient (Wildman–Crippen LogP) is 4.27. The molecule has 35 heavy (non-hydrogen) atoms. The summed E-state index contributed by atoms with van der Waals surface area (Å²) in [5, 5.41) is 3.06. The summed E-state index contributed by atoms with van der Waals surface area (Å²) in [7, 11) is 0. The zero-order valence-electron chi connectivity index (χ0n) is 21.0. The number of nitrogens with one attached hydrogen (secondary N) is 2. The van der Waals surface area contributed by atoms with Crippen LogP contribution in [-0.4, -0.2) is 38.0 Å². The van der Waals surface area contributed by atoms with Crippen LogP contribution in [0.4, 0.5) is 5.69 Å². The largest absolute Gasteiger partial charge is 0.346 e. The number of hydrogen-bond donors (Lipinski definition) is 2. The summed E-state index contributed by atoms with van der Waals surface area (Å²) in [5.41, 5.74) is 5.44. The number of fused-ring (bicyclic) bond motifs is 2. The molecule has 0 bridgehead atoms. The van der Waals surface area contributed by atoms with Crippen molar-refractivity contribution in [2.24, 2.45) is 0 Å². The summed E-state index contributed by atoms with van der Waals surface area (Å²) < 4.78 is 0. The van der Waals surface area contributed by atoms with Gasteiger partial charge < -0.3 is 15.1 Å². The van der Waals surface area contributed by atoms with Crippen molar-refractivity contribution < 1.29 is 14.5 Å². The van der Waals surface area contributed by atoms with Crippen LogP contribution >= 0.6 is 11.8 Å². The molecule has 0 saturated carbocycles. The summed E-state index contributed by atoms with van der Waals surface area (Å²) in [4.78, 5) is 32.0. The standard InChI is InChI=1S/C29H33N3O2S/c1-5-31(6-2)16-15-30-28(33)22-13-14-27-25(18-22)32(19-23-17-20(3)11-12-21(23)4)29(34)24-9-7-8-10-26(24)35-27/h7-14,17-18H,5-6,15-16,19H2,1-4H3,(H,30,33)/p+1. The highest BCUT2D eigenvalue weighted by molar-refractivity contribution is 7.99. The molecule has 182 valence electrons. The van der Waals surface area contributed by atoms with E-state index in [1.807, 2.05) is 47.4 Å². The predicted molar refractivity (Wildman–Crippen MR) is 143 cm³/mol. The van der Waals surface area contributed by atoms with Gasteiger partial charge in [0, 0.05) is 15.4 Å². The maximum Gasteiger partial charge on any atom is 0.259 e. The summed E-state index contributed by atoms with van der Waals surface area (Å²) in [6.07, 6.45) is 0. The number of rotatable bonds is 8. The van der Waals surface area contributed by atoms with E-state index in [0.29, 0.717) is 24.2 Å². The first-order valence-electron chi connectivity index (χ1n) is 12.3. The molecule has 1 aliphatic rings. The topological polar surface area (TPSA) is 53.9 Å². The molecule has 2 amide bonds. The van der Waals surface area contributed by atoms with Gasteiger partial charge >= 0.3 is 0 Å². The van der Waals surface area contributed by atoms with E-state index in [1.54, 1.807) is 11.8 Å². The molecular formula is C29H34N3O2S+. The number of amides is 2. The van der Waals surface area contributed by atoms with Crippen LogP contribution in [0.15, 0.2) is 70.5 Å². The number of aryl methyl sites for hydroxylation is 2. The highest BCUT2D eigenvalue weighted by Gasteiger charge is 2.28. The summed E-state index contributed by atoms with van der Waals surface area (Å²) in [5.74, 6) is -0.152. The molecule has 3 aromatic rings. The zero-order valence-corrected chi connectivity index (χ0v) is 21.8. The van der Waals surface area contributed by atoms with Crippen LogP contribution in [-0.2, 0) is 6.54 Å². The molecule has 0 aliphatic carbocycles. The lowest BCUT2D eigenvalue weighted by atomic mass is 10.0. The minimum Gasteiger partial charge on any atom is -0.346 e. The maximum absolute atomic E-state index is 13.8. The van der Waals surface area contributed by atoms with Crippen LogP contribution in [0.2, 0.25) is 0 Å². The van der Waals surface area contributed by atoms with E-state index < -0.39 is 0 Å². The van der Waals surface area contributed by atoms with Gasteiger partial charge in [-0.1, -0.05) is 47.7 Å². The van der Waals surface area contributed by atoms with Gasteiger partial charge in [-0.15, -0.1) is 0 Å². The third-order valence-corrected chi connectivity index (χ3v) is 7.83. The smallest absolute Gasteiger partial charge is 0.259 e. The van der Waals surface area contributed by atoms with E-state index >= 15 is 0 Å². The molecule has 5 nitrogen and oxygen atoms in total. The second-order valence-electron chi connectivity index (χ2n) is 9.06. The second kappa shape index (κ2) is 11.1. The quantitative estimate of drug-likeness (QED) is 0.498. The monoisotopic (exact) mass is 488 g/mol. The van der Waals surface area contributed by atoms with Crippen LogP contribution in [0.3, 0.4) is 0 Å². The number of nitrogens with zero attached hydrogens (tertiary/aromatic N) is 1. The van der Waals surface area contributed by atoms with Crippen LogP contribution in [0.5, 0.6) is 0 Å². The molecule has 0 unspecified atom stereocenters. The summed E-state index contributed by atoms with van der Waals surface area (Å²) in [6.45, 7) is 12.5. The summed E-state index contributed by atoms with van der Waals surface area (Å²) in [6, 6.07) is 19.8. The van der Waals surface area contributed by atoms with Gasteiger partial charge in [0.25, 0.3) is 11.8 Å². The first kappa shape index (κ1) is 25.0. The molecular weight excluding hydrogens is 454 g/mol. The number of hydrogen-bond acceptors (Lipinski definition) is 3. The van der Waals surface area contributed by atoms with Crippen LogP contribution in [0, 0.1) is 13.8 Å². The Hall–Kier alpha value is -3.09. The number of carbonyl (C=O) groups excluding carboxylic acids is 2. The maximum atomic E-state index is 13.8. The SMILES string of the molecule is CC[NH+](CC)CCNC(=O)c1ccc2c(c1)N(Cc1cc(C)ccc1C)C(=O)c1ccccc1S2. The molecule has 6 heteroatoms. The lowest BCUT2D eigenvalue weighted by Crippen LogP contribution is -3.12. The Balaban J connectivity index is 1.69. The van der Waals surface area contributed by atoms with E-state index in [0.717, 1.165) is 51.8 Å². The van der Waals surface area contributed by atoms with Crippen molar-refractivity contribution in [1.82, 2.24) is 5.32 Å². The van der Waals surface area contributed by atoms with Crippen molar-refractivity contribution in [2.75, 3.05) is 31.1 Å². The van der Waals surface area contributed by atoms with Crippen molar-refractivity contribution in [3.8, 4) is 0 Å². The molecule has 0 atom stereocenters. The number of carbonyl (C=O) groups is 2. The zero-order chi connectivity index (χ0) is 24.9. The first-order valence-corrected chi connectivity index (χ1v) is 13.1. The van der Waals surface area contributed by atoms with Gasteiger partial charge in [-0.3, -0.25) is 9.59 Å². The fourth-order valence-corrected chi connectivity index (χ4v) is 5.48. The average molecular weight is 489 g/mol. The number of benzene rings is 3. The number of quaternary nitrogens is 1. The number of anilines is 1. The van der Waals surface area contributed by atoms with Crippen molar-refractivity contribution in [3.05, 3.63) is 88.5 Å². The minimum atomic E-state index is -0.106. The first-order chi connectivity index (χ1) is 16.9.